The number of aliphatic hydroxyl groups excluding tert-OH is 1. The van der Waals surface area contributed by atoms with Crippen molar-refractivity contribution in [1.82, 2.24) is 0 Å². The summed E-state index contributed by atoms with van der Waals surface area (Å²) >= 11 is 0. The Morgan fingerprint density at radius 3 is 2.54 bits per heavy atom. The van der Waals surface area contributed by atoms with Crippen molar-refractivity contribution in [2.75, 3.05) is 0 Å². The lowest BCUT2D eigenvalue weighted by Gasteiger charge is -2.36. The summed E-state index contributed by atoms with van der Waals surface area (Å²) in [5.74, 6) is -2.18. The van der Waals surface area contributed by atoms with E-state index in [1.54, 1.807) is 0 Å². The number of hydrogen-bond acceptors (Lipinski definition) is 2. The molecule has 128 valence electrons. The van der Waals surface area contributed by atoms with Crippen LogP contribution in [0.3, 0.4) is 0 Å². The highest BCUT2D eigenvalue weighted by atomic mass is 19.1. The molecule has 3 aliphatic carbocycles. The van der Waals surface area contributed by atoms with Crippen LogP contribution in [-0.4, -0.2) is 10.2 Å². The SMILES string of the molecule is OC1=C(c2c(O)c(F)cc3c2CCCC3)C2CCCCC2C=C1F. The fourth-order valence-corrected chi connectivity index (χ4v) is 4.74. The topological polar surface area (TPSA) is 40.5 Å². The lowest BCUT2D eigenvalue weighted by molar-refractivity contribution is 0.305. The van der Waals surface area contributed by atoms with Crippen LogP contribution in [-0.2, 0) is 12.8 Å². The van der Waals surface area contributed by atoms with E-state index >= 15 is 0 Å². The van der Waals surface area contributed by atoms with Gasteiger partial charge in [-0.1, -0.05) is 12.8 Å². The predicted molar refractivity (Wildman–Crippen MR) is 88.9 cm³/mol. The van der Waals surface area contributed by atoms with E-state index in [-0.39, 0.29) is 11.8 Å². The number of aryl methyl sites for hydroxylation is 1. The van der Waals surface area contributed by atoms with Crippen LogP contribution in [0.4, 0.5) is 8.78 Å². The maximum absolute atomic E-state index is 14.3. The Balaban J connectivity index is 1.95. The molecular weight excluding hydrogens is 310 g/mol. The molecule has 0 bridgehead atoms. The molecule has 4 rings (SSSR count). The first-order valence-electron chi connectivity index (χ1n) is 8.92. The molecular formula is C20H22F2O2. The lowest BCUT2D eigenvalue weighted by atomic mass is 9.69. The Labute approximate surface area is 140 Å². The highest BCUT2D eigenvalue weighted by Crippen LogP contribution is 2.50. The summed E-state index contributed by atoms with van der Waals surface area (Å²) in [5, 5.41) is 20.9. The number of benzene rings is 1. The third-order valence-electron chi connectivity index (χ3n) is 5.88. The van der Waals surface area contributed by atoms with Gasteiger partial charge in [-0.15, -0.1) is 0 Å². The summed E-state index contributed by atoms with van der Waals surface area (Å²) in [4.78, 5) is 0. The fourth-order valence-electron chi connectivity index (χ4n) is 4.74. The van der Waals surface area contributed by atoms with Crippen molar-refractivity contribution < 1.29 is 19.0 Å². The predicted octanol–water partition coefficient (Wildman–Crippen LogP) is 5.35. The van der Waals surface area contributed by atoms with Crippen LogP contribution < -0.4 is 0 Å². The third kappa shape index (κ3) is 2.35. The molecule has 1 aromatic rings. The maximum atomic E-state index is 14.3. The number of phenols is 1. The van der Waals surface area contributed by atoms with Gasteiger partial charge in [-0.25, -0.2) is 8.78 Å². The molecule has 4 heteroatoms. The minimum absolute atomic E-state index is 0.0200. The first kappa shape index (κ1) is 15.7. The Morgan fingerprint density at radius 2 is 1.71 bits per heavy atom. The van der Waals surface area contributed by atoms with E-state index in [0.717, 1.165) is 62.5 Å². The van der Waals surface area contributed by atoms with Crippen molar-refractivity contribution in [3.05, 3.63) is 46.2 Å². The Bertz CT molecular complexity index is 748. The van der Waals surface area contributed by atoms with Gasteiger partial charge >= 0.3 is 0 Å². The number of aromatic hydroxyl groups is 1. The van der Waals surface area contributed by atoms with Crippen LogP contribution in [0.15, 0.2) is 23.7 Å². The minimum Gasteiger partial charge on any atom is -0.505 e. The van der Waals surface area contributed by atoms with Gasteiger partial charge in [0.2, 0.25) is 0 Å². The molecule has 1 saturated carbocycles. The summed E-state index contributed by atoms with van der Waals surface area (Å²) in [7, 11) is 0. The molecule has 2 nitrogen and oxygen atoms in total. The largest absolute Gasteiger partial charge is 0.505 e. The van der Waals surface area contributed by atoms with E-state index in [2.05, 4.69) is 0 Å². The lowest BCUT2D eigenvalue weighted by Crippen LogP contribution is -2.25. The molecule has 1 fully saturated rings. The Morgan fingerprint density at radius 1 is 0.958 bits per heavy atom. The van der Waals surface area contributed by atoms with E-state index in [1.807, 2.05) is 0 Å². The average molecular weight is 332 g/mol. The second-order valence-corrected chi connectivity index (χ2v) is 7.26. The van der Waals surface area contributed by atoms with Gasteiger partial charge in [-0.2, -0.15) is 0 Å². The molecule has 0 aliphatic heterocycles. The molecule has 3 aliphatic rings. The smallest absolute Gasteiger partial charge is 0.165 e. The number of rotatable bonds is 1. The number of allylic oxidation sites excluding steroid dienone is 3. The van der Waals surface area contributed by atoms with Crippen LogP contribution in [0.1, 0.15) is 55.2 Å². The monoisotopic (exact) mass is 332 g/mol. The number of halogens is 2. The van der Waals surface area contributed by atoms with Gasteiger partial charge in [0.05, 0.1) is 0 Å². The van der Waals surface area contributed by atoms with E-state index in [1.165, 1.54) is 12.1 Å². The maximum Gasteiger partial charge on any atom is 0.165 e. The molecule has 0 aromatic heterocycles. The molecule has 0 amide bonds. The summed E-state index contributed by atoms with van der Waals surface area (Å²) in [5.41, 5.74) is 2.56. The van der Waals surface area contributed by atoms with Crippen molar-refractivity contribution in [2.45, 2.75) is 51.4 Å². The van der Waals surface area contributed by atoms with Gasteiger partial charge in [0.15, 0.2) is 23.2 Å². The molecule has 1 aromatic carbocycles. The summed E-state index contributed by atoms with van der Waals surface area (Å²) < 4.78 is 28.6. The summed E-state index contributed by atoms with van der Waals surface area (Å²) in [6, 6.07) is 1.40. The highest BCUT2D eigenvalue weighted by Gasteiger charge is 2.38. The Hall–Kier alpha value is -1.84. The van der Waals surface area contributed by atoms with Crippen molar-refractivity contribution in [3.63, 3.8) is 0 Å². The van der Waals surface area contributed by atoms with Gasteiger partial charge in [-0.05, 0) is 73.6 Å². The zero-order chi connectivity index (χ0) is 16.8. The zero-order valence-electron chi connectivity index (χ0n) is 13.6. The molecule has 0 saturated heterocycles. The number of phenolic OH excluding ortho intramolecular Hbond substituents is 1. The molecule has 2 atom stereocenters. The van der Waals surface area contributed by atoms with Gasteiger partial charge < -0.3 is 10.2 Å². The van der Waals surface area contributed by atoms with Crippen molar-refractivity contribution in [1.29, 1.82) is 0 Å². The average Bonchev–Trinajstić information content (AvgIpc) is 2.58. The number of aliphatic hydroxyl groups is 1. The van der Waals surface area contributed by atoms with Gasteiger partial charge in [0, 0.05) is 11.1 Å². The molecule has 0 heterocycles. The summed E-state index contributed by atoms with van der Waals surface area (Å²) in [6.07, 6.45) is 8.70. The number of hydrogen-bond donors (Lipinski definition) is 2. The first-order chi connectivity index (χ1) is 11.6. The first-order valence-corrected chi connectivity index (χ1v) is 8.92. The molecule has 2 unspecified atom stereocenters. The molecule has 2 N–H and O–H groups in total. The minimum atomic E-state index is -0.673. The standard InChI is InChI=1S/C20H22F2O2/c21-15-9-11-5-1-3-7-13(11)17(19(15)23)18-14-8-4-2-6-12(14)10-16(22)20(18)24/h9-11,13,23-24H,1-8H2. The normalized spacial score (nSPS) is 26.7. The van der Waals surface area contributed by atoms with Crippen molar-refractivity contribution in [3.8, 4) is 5.75 Å². The Kier molecular flexibility index (Phi) is 3.86. The summed E-state index contributed by atoms with van der Waals surface area (Å²) in [6.45, 7) is 0. The highest BCUT2D eigenvalue weighted by molar-refractivity contribution is 5.80. The van der Waals surface area contributed by atoms with Crippen LogP contribution in [0.5, 0.6) is 5.75 Å². The van der Waals surface area contributed by atoms with Crippen LogP contribution in [0.2, 0.25) is 0 Å². The molecule has 24 heavy (non-hydrogen) atoms. The van der Waals surface area contributed by atoms with Gasteiger partial charge in [0.25, 0.3) is 0 Å². The van der Waals surface area contributed by atoms with Gasteiger partial charge in [-0.3, -0.25) is 0 Å². The molecule has 0 spiro atoms. The zero-order valence-corrected chi connectivity index (χ0v) is 13.6. The van der Waals surface area contributed by atoms with E-state index in [4.69, 9.17) is 0 Å². The van der Waals surface area contributed by atoms with E-state index in [0.29, 0.717) is 11.1 Å². The van der Waals surface area contributed by atoms with Crippen LogP contribution in [0, 0.1) is 17.7 Å². The van der Waals surface area contributed by atoms with E-state index in [9.17, 15) is 19.0 Å². The van der Waals surface area contributed by atoms with E-state index < -0.39 is 23.2 Å². The second-order valence-electron chi connectivity index (χ2n) is 7.26. The second kappa shape index (κ2) is 5.91. The fraction of sp³-hybridized carbons (Fsp3) is 0.500. The van der Waals surface area contributed by atoms with Crippen LogP contribution in [0.25, 0.3) is 5.57 Å². The van der Waals surface area contributed by atoms with Crippen molar-refractivity contribution >= 4 is 5.57 Å². The third-order valence-corrected chi connectivity index (χ3v) is 5.88. The van der Waals surface area contributed by atoms with Crippen LogP contribution >= 0.6 is 0 Å². The quantitative estimate of drug-likeness (QED) is 0.727. The number of fused-ring (bicyclic) bond motifs is 2. The molecule has 0 radical (unpaired) electrons. The van der Waals surface area contributed by atoms with Crippen molar-refractivity contribution in [2.24, 2.45) is 11.8 Å². The van der Waals surface area contributed by atoms with Gasteiger partial charge in [0.1, 0.15) is 0 Å².